The molecule has 10 heteroatoms. The fourth-order valence-electron chi connectivity index (χ4n) is 5.78. The first-order valence-electron chi connectivity index (χ1n) is 16.2. The predicted molar refractivity (Wildman–Crippen MR) is 179 cm³/mol. The number of ether oxygens (including phenoxy) is 3. The molecule has 0 aromatic heterocycles. The number of hydrogen-bond acceptors (Lipinski definition) is 7. The van der Waals surface area contributed by atoms with E-state index in [1.807, 2.05) is 68.4 Å². The second-order valence-electron chi connectivity index (χ2n) is 12.1. The van der Waals surface area contributed by atoms with E-state index >= 15 is 0 Å². The summed E-state index contributed by atoms with van der Waals surface area (Å²) in [5.74, 6) is -0.501. The second kappa shape index (κ2) is 17.2. The monoisotopic (exact) mass is 643 g/mol. The summed E-state index contributed by atoms with van der Waals surface area (Å²) >= 11 is 0. The van der Waals surface area contributed by atoms with E-state index in [2.05, 4.69) is 22.0 Å². The highest BCUT2D eigenvalue weighted by atomic mass is 16.5. The number of rotatable bonds is 15. The van der Waals surface area contributed by atoms with Crippen molar-refractivity contribution in [2.45, 2.75) is 83.5 Å². The third-order valence-electron chi connectivity index (χ3n) is 8.12. The van der Waals surface area contributed by atoms with Crippen molar-refractivity contribution in [3.8, 4) is 5.75 Å². The third-order valence-corrected chi connectivity index (χ3v) is 8.12. The minimum absolute atomic E-state index is 0.122. The molecule has 1 saturated carbocycles. The van der Waals surface area contributed by atoms with Gasteiger partial charge in [-0.25, -0.2) is 9.59 Å². The molecule has 0 saturated heterocycles. The van der Waals surface area contributed by atoms with Crippen LogP contribution in [-0.2, 0) is 36.9 Å². The molecule has 10 nitrogen and oxygen atoms in total. The van der Waals surface area contributed by atoms with Crippen LogP contribution in [0.5, 0.6) is 5.75 Å². The Bertz CT molecular complexity index is 1480. The number of carbonyl (C=O) groups excluding carboxylic acids is 4. The Morgan fingerprint density at radius 3 is 2.19 bits per heavy atom. The van der Waals surface area contributed by atoms with Crippen molar-refractivity contribution in [2.24, 2.45) is 0 Å². The van der Waals surface area contributed by atoms with E-state index in [9.17, 15) is 19.2 Å². The lowest BCUT2D eigenvalue weighted by Crippen LogP contribution is -2.54. The lowest BCUT2D eigenvalue weighted by atomic mass is 9.99. The number of anilines is 1. The maximum Gasteiger partial charge on any atom is 0.407 e. The Kier molecular flexibility index (Phi) is 12.8. The molecule has 0 heterocycles. The Morgan fingerprint density at radius 1 is 0.851 bits per heavy atom. The summed E-state index contributed by atoms with van der Waals surface area (Å²) in [4.78, 5) is 50.9. The van der Waals surface area contributed by atoms with Gasteiger partial charge in [0.05, 0.1) is 13.5 Å². The molecule has 1 fully saturated rings. The molecule has 3 aromatic rings. The number of nitrogens with one attached hydrogen (secondary N) is 3. The Hall–Kier alpha value is -4.86. The summed E-state index contributed by atoms with van der Waals surface area (Å²) in [6.07, 6.45) is 3.84. The van der Waals surface area contributed by atoms with Crippen LogP contribution in [0.2, 0.25) is 0 Å². The molecule has 1 atom stereocenters. The van der Waals surface area contributed by atoms with Crippen molar-refractivity contribution in [2.75, 3.05) is 19.0 Å². The summed E-state index contributed by atoms with van der Waals surface area (Å²) in [7, 11) is 1.29. The summed E-state index contributed by atoms with van der Waals surface area (Å²) in [5.41, 5.74) is 3.52. The molecule has 1 aliphatic rings. The molecule has 3 aromatic carbocycles. The number of hydrogen-bond donors (Lipinski definition) is 3. The van der Waals surface area contributed by atoms with Crippen LogP contribution in [0.15, 0.2) is 72.8 Å². The van der Waals surface area contributed by atoms with Gasteiger partial charge in [-0.15, -0.1) is 0 Å². The molecule has 0 bridgehead atoms. The molecule has 4 rings (SSSR count). The van der Waals surface area contributed by atoms with Gasteiger partial charge in [0, 0.05) is 12.2 Å². The average Bonchev–Trinajstić information content (AvgIpc) is 3.53. The quantitative estimate of drug-likeness (QED) is 0.138. The summed E-state index contributed by atoms with van der Waals surface area (Å²) in [5, 5.41) is 8.54. The van der Waals surface area contributed by atoms with Gasteiger partial charge in [-0.2, -0.15) is 0 Å². The SMILES string of the molecule is COC(=O)[C@H](CCCCNC(=O)OCc1ccccc1)NC(=O)C1(Oc2ccc(CC(=O)Nc3cc(C)cc(C)c3)cc2)CCCC1. The van der Waals surface area contributed by atoms with E-state index in [1.165, 1.54) is 7.11 Å². The summed E-state index contributed by atoms with van der Waals surface area (Å²) in [6, 6.07) is 21.6. The van der Waals surface area contributed by atoms with Gasteiger partial charge in [0.15, 0.2) is 5.60 Å². The fourth-order valence-corrected chi connectivity index (χ4v) is 5.78. The molecular formula is C37H45N3O7. The summed E-state index contributed by atoms with van der Waals surface area (Å²) < 4.78 is 16.5. The number of benzene rings is 3. The first kappa shape index (κ1) is 35.0. The fraction of sp³-hybridized carbons (Fsp3) is 0.405. The van der Waals surface area contributed by atoms with Gasteiger partial charge in [0.1, 0.15) is 18.4 Å². The van der Waals surface area contributed by atoms with E-state index in [-0.39, 0.29) is 24.8 Å². The zero-order chi connectivity index (χ0) is 33.6. The molecule has 3 amide bonds. The van der Waals surface area contributed by atoms with Crippen molar-refractivity contribution in [3.63, 3.8) is 0 Å². The summed E-state index contributed by atoms with van der Waals surface area (Å²) in [6.45, 7) is 4.53. The first-order chi connectivity index (χ1) is 22.7. The maximum absolute atomic E-state index is 13.6. The van der Waals surface area contributed by atoms with Crippen LogP contribution in [-0.4, -0.2) is 49.2 Å². The topological polar surface area (TPSA) is 132 Å². The Morgan fingerprint density at radius 2 is 1.53 bits per heavy atom. The van der Waals surface area contributed by atoms with Gasteiger partial charge in [-0.3, -0.25) is 9.59 Å². The molecule has 3 N–H and O–H groups in total. The van der Waals surface area contributed by atoms with Crippen LogP contribution < -0.4 is 20.7 Å². The van der Waals surface area contributed by atoms with E-state index < -0.39 is 23.7 Å². The predicted octanol–water partition coefficient (Wildman–Crippen LogP) is 5.93. The third kappa shape index (κ3) is 10.9. The number of aryl methyl sites for hydroxylation is 2. The van der Waals surface area contributed by atoms with Crippen LogP contribution >= 0.6 is 0 Å². The molecule has 0 unspecified atom stereocenters. The van der Waals surface area contributed by atoms with Crippen molar-refractivity contribution in [3.05, 3.63) is 95.1 Å². The number of alkyl carbamates (subject to hydrolysis) is 1. The Balaban J connectivity index is 1.26. The highest BCUT2D eigenvalue weighted by molar-refractivity contribution is 5.92. The average molecular weight is 644 g/mol. The number of carbonyl (C=O) groups is 4. The highest BCUT2D eigenvalue weighted by Gasteiger charge is 2.45. The van der Waals surface area contributed by atoms with Crippen LogP contribution in [0.25, 0.3) is 0 Å². The molecular weight excluding hydrogens is 598 g/mol. The van der Waals surface area contributed by atoms with Gasteiger partial charge in [0.2, 0.25) is 5.91 Å². The lowest BCUT2D eigenvalue weighted by molar-refractivity contribution is -0.148. The lowest BCUT2D eigenvalue weighted by Gasteiger charge is -2.30. The maximum atomic E-state index is 13.6. The van der Waals surface area contributed by atoms with Crippen LogP contribution in [0, 0.1) is 13.8 Å². The first-order valence-corrected chi connectivity index (χ1v) is 16.2. The van der Waals surface area contributed by atoms with Crippen molar-refractivity contribution >= 4 is 29.6 Å². The smallest absolute Gasteiger partial charge is 0.407 e. The van der Waals surface area contributed by atoms with Crippen molar-refractivity contribution in [1.29, 1.82) is 0 Å². The van der Waals surface area contributed by atoms with Gasteiger partial charge < -0.3 is 30.2 Å². The number of methoxy groups -OCH3 is 1. The van der Waals surface area contributed by atoms with Gasteiger partial charge in [-0.05, 0) is 105 Å². The minimum atomic E-state index is -1.11. The zero-order valence-electron chi connectivity index (χ0n) is 27.4. The van der Waals surface area contributed by atoms with Crippen molar-refractivity contribution in [1.82, 2.24) is 10.6 Å². The molecule has 47 heavy (non-hydrogen) atoms. The highest BCUT2D eigenvalue weighted by Crippen LogP contribution is 2.35. The van der Waals surface area contributed by atoms with E-state index in [1.54, 1.807) is 12.1 Å². The second-order valence-corrected chi connectivity index (χ2v) is 12.1. The largest absolute Gasteiger partial charge is 0.477 e. The van der Waals surface area contributed by atoms with Gasteiger partial charge in [0.25, 0.3) is 5.91 Å². The normalized spacial score (nSPS) is 14.0. The number of unbranched alkanes of at least 4 members (excludes halogenated alkanes) is 1. The molecule has 0 radical (unpaired) electrons. The van der Waals surface area contributed by atoms with Crippen LogP contribution in [0.4, 0.5) is 10.5 Å². The van der Waals surface area contributed by atoms with Gasteiger partial charge in [-0.1, -0.05) is 48.5 Å². The molecule has 0 spiro atoms. The van der Waals surface area contributed by atoms with E-state index in [4.69, 9.17) is 14.2 Å². The molecule has 0 aliphatic heterocycles. The zero-order valence-corrected chi connectivity index (χ0v) is 27.4. The Labute approximate surface area is 276 Å². The molecule has 250 valence electrons. The number of esters is 1. The van der Waals surface area contributed by atoms with Gasteiger partial charge >= 0.3 is 12.1 Å². The minimum Gasteiger partial charge on any atom is -0.477 e. The van der Waals surface area contributed by atoms with Crippen LogP contribution in [0.3, 0.4) is 0 Å². The van der Waals surface area contributed by atoms with E-state index in [0.717, 1.165) is 40.8 Å². The standard InChI is InChI=1S/C37H45N3O7/c1-26-21-27(2)23-30(22-26)39-33(41)24-28-14-16-31(17-15-28)47-37(18-8-9-19-37)35(43)40-32(34(42)45-3)13-7-10-20-38-36(44)46-25-29-11-5-4-6-12-29/h4-6,11-12,14-17,21-23,32H,7-10,13,18-20,24-25H2,1-3H3,(H,38,44)(H,39,41)(H,40,43)/t32-/m0/s1. The van der Waals surface area contributed by atoms with Crippen LogP contribution in [0.1, 0.15) is 67.2 Å². The molecule has 1 aliphatic carbocycles. The van der Waals surface area contributed by atoms with E-state index in [0.29, 0.717) is 44.4 Å². The van der Waals surface area contributed by atoms with Crippen molar-refractivity contribution < 1.29 is 33.4 Å². The number of amides is 3.